The van der Waals surface area contributed by atoms with Crippen LogP contribution in [0, 0.1) is 26.7 Å². The first-order chi connectivity index (χ1) is 59.6. The third-order valence-corrected chi connectivity index (χ3v) is 22.1. The maximum absolute atomic E-state index is 12.8. The van der Waals surface area contributed by atoms with Crippen LogP contribution < -0.4 is 29.6 Å². The molecule has 8 aliphatic rings. The number of likely N-dealkylation sites (N-methyl/N-ethyl adjacent to an activating group) is 4. The molecule has 35 heteroatoms. The summed E-state index contributed by atoms with van der Waals surface area (Å²) in [5, 5.41) is 21.1. The number of nitrogens with two attached hydrogens (primary N) is 1. The standard InChI is InChI=1S/C20H17NO6.C19H21N3O.C17H17ClN6O3.C16H15ClN2O.C13H9F3N4.C4H9NO2/c1-21-5-4-10-6-14-15(25-8-24-14)7-12(10)17(21)18-11-2-3-13-19(26-9-23-13)16(11)20(22)27-18;1-13-5-8-15(9-6-13)19-16(11-18(23)21(3)4)22-12-14(2)7-10-17(22)20-19;1-22-6-8-23(9-7-22)17(26)27-16-14-13(19-4-5-20-14)15(25)24(16)12-3-2-11(18)10-21-12;1-19-14-8-7-12(17)9-13(14)16(18-10-15(19)20)11-5-3-2-4-6-11;1-8-17-18-12-6-5-11(19-20(8)12)9-3-2-4-10(7-9)13(14,15)16;5-3-1-2-4(6)7/h2-3,6-7,17-18H,4-5,8-9H2,1H3;5-10,12H,11H2,1-4H3;2-5,10,16H,6-9H2,1H3;2-9,13-14H,10H2,1H3;2-7H,1H3;1-3,5H2,(H,6,7)/t17-,18+;;;;;/m0...../s1. The quantitative estimate of drug-likeness (QED) is 0.114. The number of benzene rings is 5. The molecule has 5 aromatic carbocycles. The zero-order valence-corrected chi connectivity index (χ0v) is 70.4. The predicted octanol–water partition coefficient (Wildman–Crippen LogP) is 13.0. The molecule has 30 nitrogen and oxygen atoms in total. The number of carboxylic acid groups (broad SMARTS) is 1. The van der Waals surface area contributed by atoms with Gasteiger partial charge in [-0.05, 0) is 143 Å². The molecule has 124 heavy (non-hydrogen) atoms. The minimum Gasteiger partial charge on any atom is -0.481 e. The lowest BCUT2D eigenvalue weighted by atomic mass is 9.86. The summed E-state index contributed by atoms with van der Waals surface area (Å²) in [6.07, 6.45) is 7.86. The van der Waals surface area contributed by atoms with Gasteiger partial charge in [0.05, 0.1) is 51.9 Å². The van der Waals surface area contributed by atoms with Crippen LogP contribution in [0.15, 0.2) is 193 Å². The molecule has 0 bridgehead atoms. The van der Waals surface area contributed by atoms with Crippen LogP contribution in [-0.4, -0.2) is 216 Å². The number of carboxylic acids is 1. The number of ether oxygens (including phenoxy) is 6. The Morgan fingerprint density at radius 3 is 2.16 bits per heavy atom. The van der Waals surface area contributed by atoms with Crippen LogP contribution >= 0.6 is 23.2 Å². The Labute approximate surface area is 720 Å². The number of aliphatic carboxylic acids is 1. The number of aromatic nitrogens is 9. The average Bonchev–Trinajstić information content (AvgIpc) is 1.61. The zero-order chi connectivity index (χ0) is 87.8. The summed E-state index contributed by atoms with van der Waals surface area (Å²) in [5.74, 6) is 2.03. The van der Waals surface area contributed by atoms with Crippen molar-refractivity contribution in [3.8, 4) is 45.5 Å². The Morgan fingerprint density at radius 2 is 1.44 bits per heavy atom. The van der Waals surface area contributed by atoms with Crippen LogP contribution in [-0.2, 0) is 42.9 Å². The van der Waals surface area contributed by atoms with E-state index in [4.69, 9.17) is 67.4 Å². The second-order valence-corrected chi connectivity index (χ2v) is 31.1. The predicted molar refractivity (Wildman–Crippen MR) is 454 cm³/mol. The molecule has 6 aromatic heterocycles. The first kappa shape index (κ1) is 87.1. The molecule has 1 fully saturated rings. The van der Waals surface area contributed by atoms with Gasteiger partial charge < -0.3 is 63.3 Å². The fraction of sp³-hybridized carbons (Fsp3) is 0.303. The van der Waals surface area contributed by atoms with Gasteiger partial charge in [-0.3, -0.25) is 34.1 Å². The van der Waals surface area contributed by atoms with Gasteiger partial charge in [-0.2, -0.15) is 22.8 Å². The van der Waals surface area contributed by atoms with E-state index in [-0.39, 0.29) is 68.0 Å². The van der Waals surface area contributed by atoms with E-state index in [9.17, 15) is 41.9 Å². The number of pyridine rings is 2. The van der Waals surface area contributed by atoms with Crippen molar-refractivity contribution in [3.05, 3.63) is 260 Å². The normalized spacial score (nSPS) is 18.3. The highest BCUT2D eigenvalue weighted by atomic mass is 35.5. The monoisotopic (exact) mass is 1730 g/mol. The van der Waals surface area contributed by atoms with Gasteiger partial charge in [0.1, 0.15) is 35.4 Å². The number of carbonyl (C=O) groups excluding carboxylic acids is 5. The molecule has 11 aromatic rings. The van der Waals surface area contributed by atoms with Crippen LogP contribution in [0.4, 0.5) is 23.8 Å². The second kappa shape index (κ2) is 38.1. The largest absolute Gasteiger partial charge is 0.481 e. The van der Waals surface area contributed by atoms with Crippen molar-refractivity contribution in [1.82, 2.24) is 68.6 Å². The van der Waals surface area contributed by atoms with Crippen LogP contribution in [0.5, 0.6) is 23.0 Å². The third kappa shape index (κ3) is 19.5. The maximum atomic E-state index is 12.8. The number of cyclic esters (lactones) is 1. The number of rotatable bonds is 11. The molecular weight excluding hydrogens is 1640 g/mol. The molecule has 0 radical (unpaired) electrons. The van der Waals surface area contributed by atoms with E-state index in [2.05, 4.69) is 89.3 Å². The summed E-state index contributed by atoms with van der Waals surface area (Å²) in [4.78, 5) is 105. The number of esters is 1. The number of carbonyl (C=O) groups is 6. The highest BCUT2D eigenvalue weighted by molar-refractivity contribution is 6.31. The lowest BCUT2D eigenvalue weighted by molar-refractivity contribution is -0.138. The summed E-state index contributed by atoms with van der Waals surface area (Å²) in [6, 6.07) is 41.5. The lowest BCUT2D eigenvalue weighted by Gasteiger charge is -2.37. The highest BCUT2D eigenvalue weighted by Gasteiger charge is 2.47. The van der Waals surface area contributed by atoms with E-state index in [0.717, 1.165) is 100 Å². The number of hydrogen-bond acceptors (Lipinski definition) is 23. The summed E-state index contributed by atoms with van der Waals surface area (Å²) in [5.41, 5.74) is 17.8. The number of alkyl halides is 3. The van der Waals surface area contributed by atoms with Crippen molar-refractivity contribution in [3.63, 3.8) is 0 Å². The van der Waals surface area contributed by atoms with Crippen LogP contribution in [0.3, 0.4) is 0 Å². The van der Waals surface area contributed by atoms with Crippen molar-refractivity contribution in [2.75, 3.05) is 99.5 Å². The fourth-order valence-electron chi connectivity index (χ4n) is 15.0. The van der Waals surface area contributed by atoms with Gasteiger partial charge in [-0.25, -0.2) is 29.4 Å². The Morgan fingerprint density at radius 1 is 0.726 bits per heavy atom. The molecule has 642 valence electrons. The number of allylic oxidation sites excluding steroid dienone is 2. The molecular formula is C89H88Cl2F3N17O13. The molecule has 3 unspecified atom stereocenters. The van der Waals surface area contributed by atoms with Crippen LogP contribution in [0.2, 0.25) is 5.02 Å². The van der Waals surface area contributed by atoms with E-state index in [1.54, 1.807) is 66.1 Å². The Balaban J connectivity index is 0.000000124. The number of amides is 4. The molecule has 4 amide bonds. The molecule has 13 heterocycles. The zero-order valence-electron chi connectivity index (χ0n) is 68.9. The van der Waals surface area contributed by atoms with Crippen molar-refractivity contribution in [1.29, 1.82) is 0 Å². The fourth-order valence-corrected chi connectivity index (χ4v) is 15.3. The highest BCUT2D eigenvalue weighted by Crippen LogP contribution is 2.52. The smallest absolute Gasteiger partial charge is 0.416 e. The first-order valence-electron chi connectivity index (χ1n) is 39.7. The topological polar surface area (TPSA) is 335 Å². The minimum absolute atomic E-state index is 0.00588. The number of hydrogen-bond donors (Lipinski definition) is 2. The van der Waals surface area contributed by atoms with E-state index in [1.165, 1.54) is 45.2 Å². The van der Waals surface area contributed by atoms with Gasteiger partial charge in [-0.15, -0.1) is 10.2 Å². The van der Waals surface area contributed by atoms with Crippen molar-refractivity contribution >= 4 is 81.8 Å². The van der Waals surface area contributed by atoms with E-state index in [0.29, 0.717) is 93.8 Å². The molecule has 5 atom stereocenters. The van der Waals surface area contributed by atoms with E-state index < -0.39 is 42.0 Å². The number of anilines is 1. The van der Waals surface area contributed by atoms with Gasteiger partial charge in [0.25, 0.3) is 5.91 Å². The van der Waals surface area contributed by atoms with Gasteiger partial charge in [0.15, 0.2) is 40.2 Å². The maximum Gasteiger partial charge on any atom is 0.416 e. The SMILES string of the molecule is CN1C(=O)CN=C(c2ccccc2)C2C=C(Cl)C=CC21.CN1CCN(C(=O)OC2c3nccnc3C(=O)N2c2ccc(Cl)cn2)CC1.CN1CCc2cc3c(cc2[C@H]1[C@@H]1OC(=O)c2c1ccc1c2OCO1)OCO3.Cc1ccc(-c2nc3ccc(C)cn3c2CC(=O)N(C)C)cc1.Cc1nnc2ccc(-c3cccc(C(F)(F)F)c3)nn12.NCCCC(=O)O. The molecule has 7 aliphatic heterocycles. The van der Waals surface area contributed by atoms with Gasteiger partial charge >= 0.3 is 24.2 Å². The summed E-state index contributed by atoms with van der Waals surface area (Å²) in [6.45, 7) is 10.4. The Bertz CT molecular complexity index is 5930. The Kier molecular flexibility index (Phi) is 26.7. The molecule has 19 rings (SSSR count). The van der Waals surface area contributed by atoms with Gasteiger partial charge in [0.2, 0.25) is 31.6 Å². The van der Waals surface area contributed by atoms with Crippen molar-refractivity contribution in [2.45, 2.75) is 77.0 Å². The molecule has 1 saturated heterocycles. The minimum atomic E-state index is -4.37. The third-order valence-electron chi connectivity index (χ3n) is 21.6. The van der Waals surface area contributed by atoms with Crippen LogP contribution in [0.1, 0.15) is 108 Å². The summed E-state index contributed by atoms with van der Waals surface area (Å²) in [7, 11) is 9.43. The van der Waals surface area contributed by atoms with Crippen molar-refractivity contribution < 1.29 is 75.5 Å². The van der Waals surface area contributed by atoms with E-state index >= 15 is 0 Å². The van der Waals surface area contributed by atoms with Crippen molar-refractivity contribution in [2.24, 2.45) is 16.6 Å². The van der Waals surface area contributed by atoms with Gasteiger partial charge in [-0.1, -0.05) is 120 Å². The summed E-state index contributed by atoms with van der Waals surface area (Å²) < 4.78 is 75.2. The molecule has 0 spiro atoms. The number of aryl methyl sites for hydroxylation is 3. The van der Waals surface area contributed by atoms with Crippen LogP contribution in [0.25, 0.3) is 33.8 Å². The Hall–Kier alpha value is -13.2. The molecule has 1 aliphatic carbocycles. The number of piperazine rings is 1. The first-order valence-corrected chi connectivity index (χ1v) is 40.5. The number of imidazole rings is 1. The van der Waals surface area contributed by atoms with E-state index in [1.807, 2.05) is 111 Å². The second-order valence-electron chi connectivity index (χ2n) is 30.3. The average molecular weight is 1730 g/mol. The number of fused-ring (bicyclic) bond motifs is 9. The number of halogens is 5. The number of aliphatic imine (C=N–C) groups is 1. The summed E-state index contributed by atoms with van der Waals surface area (Å²) >= 11 is 12.0. The lowest BCUT2D eigenvalue weighted by Crippen LogP contribution is -2.48. The van der Waals surface area contributed by atoms with Gasteiger partial charge in [0, 0.05) is 113 Å². The molecule has 0 saturated carbocycles. The molecule has 3 N–H and O–H groups in total. The number of nitrogens with zero attached hydrogens (tertiary/aromatic N) is 16.